The van der Waals surface area contributed by atoms with Gasteiger partial charge in [0.05, 0.1) is 38.5 Å². The number of hydrogen-bond donors (Lipinski definition) is 1. The second kappa shape index (κ2) is 9.93. The molecule has 7 nitrogen and oxygen atoms in total. The van der Waals surface area contributed by atoms with Crippen LogP contribution < -0.4 is 14.2 Å². The maximum atomic E-state index is 13.3. The van der Waals surface area contributed by atoms with Crippen molar-refractivity contribution in [3.8, 4) is 17.2 Å². The van der Waals surface area contributed by atoms with Crippen molar-refractivity contribution >= 4 is 17.4 Å². The third kappa shape index (κ3) is 4.57. The Bertz CT molecular complexity index is 1310. The van der Waals surface area contributed by atoms with Gasteiger partial charge in [-0.1, -0.05) is 42.0 Å². The third-order valence-corrected chi connectivity index (χ3v) is 6.05. The first kappa shape index (κ1) is 23.9. The van der Waals surface area contributed by atoms with Gasteiger partial charge in [-0.15, -0.1) is 0 Å². The van der Waals surface area contributed by atoms with Crippen LogP contribution in [-0.2, 0) is 16.1 Å². The smallest absolute Gasteiger partial charge is 0.295 e. The number of carbonyl (C=O) groups excluding carboxylic acids is 2. The molecule has 1 aliphatic heterocycles. The summed E-state index contributed by atoms with van der Waals surface area (Å²) >= 11 is 0. The molecule has 0 bridgehead atoms. The van der Waals surface area contributed by atoms with E-state index in [1.807, 2.05) is 55.5 Å². The van der Waals surface area contributed by atoms with E-state index in [1.165, 1.54) is 19.1 Å². The number of rotatable bonds is 7. The van der Waals surface area contributed by atoms with Gasteiger partial charge in [-0.3, -0.25) is 9.59 Å². The van der Waals surface area contributed by atoms with Crippen LogP contribution in [-0.4, -0.2) is 43.0 Å². The Labute approximate surface area is 204 Å². The highest BCUT2D eigenvalue weighted by atomic mass is 16.5. The first-order valence-corrected chi connectivity index (χ1v) is 11.1. The van der Waals surface area contributed by atoms with Crippen LogP contribution >= 0.6 is 0 Å². The zero-order valence-electron chi connectivity index (χ0n) is 20.1. The van der Waals surface area contributed by atoms with E-state index in [4.69, 9.17) is 14.2 Å². The molecule has 180 valence electrons. The lowest BCUT2D eigenvalue weighted by Crippen LogP contribution is -2.29. The molecule has 1 amide bonds. The SMILES string of the molecule is COc1cccc(CN2C(=O)C(=O)/C(=C(\O)c3ccc(OC)cc3OC)C2c2cccc(C)c2)c1. The molecule has 0 saturated carbocycles. The second-order valence-electron chi connectivity index (χ2n) is 8.26. The van der Waals surface area contributed by atoms with Crippen LogP contribution in [0.1, 0.15) is 28.3 Å². The number of nitrogens with zero attached hydrogens (tertiary/aromatic N) is 1. The van der Waals surface area contributed by atoms with Crippen molar-refractivity contribution in [2.75, 3.05) is 21.3 Å². The average Bonchev–Trinajstić information content (AvgIpc) is 3.12. The van der Waals surface area contributed by atoms with Gasteiger partial charge >= 0.3 is 0 Å². The Hall–Kier alpha value is -4.26. The molecule has 1 N–H and O–H groups in total. The fraction of sp³-hybridized carbons (Fsp3) is 0.214. The zero-order chi connectivity index (χ0) is 25.1. The number of aliphatic hydroxyl groups excluding tert-OH is 1. The van der Waals surface area contributed by atoms with Crippen LogP contribution in [0.15, 0.2) is 72.3 Å². The maximum absolute atomic E-state index is 13.3. The summed E-state index contributed by atoms with van der Waals surface area (Å²) in [6, 6.07) is 19.0. The van der Waals surface area contributed by atoms with Gasteiger partial charge in [-0.2, -0.15) is 0 Å². The van der Waals surface area contributed by atoms with E-state index in [9.17, 15) is 14.7 Å². The molecule has 1 unspecified atom stereocenters. The fourth-order valence-electron chi connectivity index (χ4n) is 4.34. The van der Waals surface area contributed by atoms with Gasteiger partial charge in [0.25, 0.3) is 11.7 Å². The summed E-state index contributed by atoms with van der Waals surface area (Å²) in [6.07, 6.45) is 0. The van der Waals surface area contributed by atoms with Crippen molar-refractivity contribution < 1.29 is 28.9 Å². The molecule has 7 heteroatoms. The minimum atomic E-state index is -0.784. The van der Waals surface area contributed by atoms with Crippen molar-refractivity contribution in [1.29, 1.82) is 0 Å². The lowest BCUT2D eigenvalue weighted by molar-refractivity contribution is -0.140. The summed E-state index contributed by atoms with van der Waals surface area (Å²) in [5.74, 6) is -0.240. The summed E-state index contributed by atoms with van der Waals surface area (Å²) in [5, 5.41) is 11.4. The Morgan fingerprint density at radius 3 is 2.29 bits per heavy atom. The predicted molar refractivity (Wildman–Crippen MR) is 132 cm³/mol. The Kier molecular flexibility index (Phi) is 6.78. The minimum Gasteiger partial charge on any atom is -0.507 e. The fourth-order valence-corrected chi connectivity index (χ4v) is 4.34. The van der Waals surface area contributed by atoms with Crippen LogP contribution in [0.5, 0.6) is 17.2 Å². The van der Waals surface area contributed by atoms with E-state index < -0.39 is 17.7 Å². The van der Waals surface area contributed by atoms with Crippen molar-refractivity contribution in [3.63, 3.8) is 0 Å². The monoisotopic (exact) mass is 473 g/mol. The van der Waals surface area contributed by atoms with E-state index in [1.54, 1.807) is 25.3 Å². The van der Waals surface area contributed by atoms with Gasteiger partial charge in [0.1, 0.15) is 23.0 Å². The van der Waals surface area contributed by atoms with Gasteiger partial charge in [-0.05, 0) is 42.3 Å². The number of methoxy groups -OCH3 is 3. The topological polar surface area (TPSA) is 85.3 Å². The van der Waals surface area contributed by atoms with Gasteiger partial charge in [0, 0.05) is 12.6 Å². The molecule has 0 spiro atoms. The van der Waals surface area contributed by atoms with Crippen LogP contribution in [0.2, 0.25) is 0 Å². The number of hydrogen-bond acceptors (Lipinski definition) is 6. The molecule has 1 heterocycles. The largest absolute Gasteiger partial charge is 0.507 e. The third-order valence-electron chi connectivity index (χ3n) is 6.05. The molecule has 4 rings (SSSR count). The van der Waals surface area contributed by atoms with Crippen molar-refractivity contribution in [2.24, 2.45) is 0 Å². The molecular formula is C28H27NO6. The standard InChI is InChI=1S/C28H27NO6/c1-17-7-5-9-19(13-17)25-24(26(30)22-12-11-21(34-3)15-23(22)35-4)27(31)28(32)29(25)16-18-8-6-10-20(14-18)33-2/h5-15,25,30H,16H2,1-4H3/b26-24-. The molecule has 1 aliphatic rings. The Morgan fingerprint density at radius 2 is 1.60 bits per heavy atom. The van der Waals surface area contributed by atoms with Gasteiger partial charge in [-0.25, -0.2) is 0 Å². The van der Waals surface area contributed by atoms with Crippen molar-refractivity contribution in [2.45, 2.75) is 19.5 Å². The molecule has 3 aromatic rings. The van der Waals surface area contributed by atoms with Crippen LogP contribution in [0.25, 0.3) is 5.76 Å². The highest BCUT2D eigenvalue weighted by Gasteiger charge is 2.46. The molecule has 1 saturated heterocycles. The molecule has 1 atom stereocenters. The molecule has 35 heavy (non-hydrogen) atoms. The van der Waals surface area contributed by atoms with E-state index >= 15 is 0 Å². The van der Waals surface area contributed by atoms with Gasteiger partial charge in [0.15, 0.2) is 0 Å². The predicted octanol–water partition coefficient (Wildman–Crippen LogP) is 4.64. The molecule has 1 fully saturated rings. The number of Topliss-reactive ketones (excluding diaryl/α,β-unsaturated/α-hetero) is 1. The Morgan fingerprint density at radius 1 is 0.886 bits per heavy atom. The normalized spacial score (nSPS) is 16.9. The van der Waals surface area contributed by atoms with E-state index in [-0.39, 0.29) is 17.9 Å². The number of likely N-dealkylation sites (tertiary alicyclic amines) is 1. The first-order valence-electron chi connectivity index (χ1n) is 11.1. The number of benzene rings is 3. The number of carbonyl (C=O) groups is 2. The summed E-state index contributed by atoms with van der Waals surface area (Å²) < 4.78 is 16.0. The number of amides is 1. The molecule has 3 aromatic carbocycles. The van der Waals surface area contributed by atoms with Crippen LogP contribution in [0.4, 0.5) is 0 Å². The zero-order valence-corrected chi connectivity index (χ0v) is 20.1. The molecular weight excluding hydrogens is 446 g/mol. The number of ketones is 1. The molecule has 0 aromatic heterocycles. The summed E-state index contributed by atoms with van der Waals surface area (Å²) in [6.45, 7) is 2.10. The average molecular weight is 474 g/mol. The van der Waals surface area contributed by atoms with Crippen LogP contribution in [0, 0.1) is 6.92 Å². The molecule has 0 radical (unpaired) electrons. The quantitative estimate of drug-likeness (QED) is 0.306. The van der Waals surface area contributed by atoms with Crippen molar-refractivity contribution in [3.05, 3.63) is 94.6 Å². The summed E-state index contributed by atoms with van der Waals surface area (Å²) in [7, 11) is 4.56. The summed E-state index contributed by atoms with van der Waals surface area (Å²) in [5.41, 5.74) is 2.79. The highest BCUT2D eigenvalue weighted by molar-refractivity contribution is 6.46. The molecule has 0 aliphatic carbocycles. The number of aliphatic hydroxyl groups is 1. The Balaban J connectivity index is 1.88. The highest BCUT2D eigenvalue weighted by Crippen LogP contribution is 2.42. The van der Waals surface area contributed by atoms with Gasteiger partial charge in [0.2, 0.25) is 0 Å². The lowest BCUT2D eigenvalue weighted by Gasteiger charge is -2.26. The summed E-state index contributed by atoms with van der Waals surface area (Å²) in [4.78, 5) is 28.1. The van der Waals surface area contributed by atoms with E-state index in [2.05, 4.69) is 0 Å². The van der Waals surface area contributed by atoms with Crippen molar-refractivity contribution in [1.82, 2.24) is 4.90 Å². The number of aryl methyl sites for hydroxylation is 1. The maximum Gasteiger partial charge on any atom is 0.295 e. The number of ether oxygens (including phenoxy) is 3. The first-order chi connectivity index (χ1) is 16.9. The van der Waals surface area contributed by atoms with Crippen LogP contribution in [0.3, 0.4) is 0 Å². The van der Waals surface area contributed by atoms with Gasteiger partial charge < -0.3 is 24.2 Å². The second-order valence-corrected chi connectivity index (χ2v) is 8.26. The van der Waals surface area contributed by atoms with E-state index in [0.717, 1.165) is 16.7 Å². The minimum absolute atomic E-state index is 0.00645. The lowest BCUT2D eigenvalue weighted by atomic mass is 9.94. The van der Waals surface area contributed by atoms with E-state index in [0.29, 0.717) is 22.8 Å².